The molecule has 0 saturated heterocycles. The molecule has 1 saturated carbocycles. The monoisotopic (exact) mass is 278 g/mol. The Morgan fingerprint density at radius 2 is 1.70 bits per heavy atom. The third-order valence-corrected chi connectivity index (χ3v) is 4.77. The molecule has 1 fully saturated rings. The van der Waals surface area contributed by atoms with Crippen molar-refractivity contribution in [3.63, 3.8) is 0 Å². The molecule has 0 heterocycles. The summed E-state index contributed by atoms with van der Waals surface area (Å²) in [5.41, 5.74) is 0.630. The van der Waals surface area contributed by atoms with E-state index < -0.39 is 0 Å². The summed E-state index contributed by atoms with van der Waals surface area (Å²) in [6, 6.07) is 6.09. The molecule has 112 valence electrons. The van der Waals surface area contributed by atoms with Gasteiger partial charge in [-0.25, -0.2) is 0 Å². The first kappa shape index (κ1) is 15.1. The highest BCUT2D eigenvalue weighted by molar-refractivity contribution is 5.45. The van der Waals surface area contributed by atoms with E-state index in [4.69, 9.17) is 0 Å². The molecule has 0 aliphatic heterocycles. The van der Waals surface area contributed by atoms with Gasteiger partial charge in [-0.05, 0) is 58.8 Å². The van der Waals surface area contributed by atoms with E-state index in [0.717, 1.165) is 12.8 Å². The highest BCUT2D eigenvalue weighted by Crippen LogP contribution is 2.37. The minimum Gasteiger partial charge on any atom is -0.507 e. The van der Waals surface area contributed by atoms with Crippen LogP contribution in [0.4, 0.5) is 0 Å². The van der Waals surface area contributed by atoms with Gasteiger partial charge in [0, 0.05) is 18.1 Å². The molecule has 3 N–H and O–H groups in total. The van der Waals surface area contributed by atoms with Crippen molar-refractivity contribution >= 4 is 0 Å². The first-order valence-electron chi connectivity index (χ1n) is 7.44. The van der Waals surface area contributed by atoms with Crippen LogP contribution in [0.1, 0.15) is 44.2 Å². The lowest BCUT2D eigenvalue weighted by Gasteiger charge is -2.38. The maximum absolute atomic E-state index is 9.99. The molecule has 2 rings (SSSR count). The van der Waals surface area contributed by atoms with Crippen LogP contribution < -0.4 is 5.32 Å². The van der Waals surface area contributed by atoms with E-state index in [2.05, 4.69) is 17.3 Å². The number of hydrogen-bond acceptors (Lipinski definition) is 4. The van der Waals surface area contributed by atoms with E-state index in [1.165, 1.54) is 12.8 Å². The van der Waals surface area contributed by atoms with Crippen molar-refractivity contribution in [1.82, 2.24) is 10.2 Å². The smallest absolute Gasteiger partial charge is 0.124 e. The Balaban J connectivity index is 2.07. The fourth-order valence-corrected chi connectivity index (χ4v) is 3.26. The Hall–Kier alpha value is -1.26. The summed E-state index contributed by atoms with van der Waals surface area (Å²) in [4.78, 5) is 2.28. The van der Waals surface area contributed by atoms with Crippen molar-refractivity contribution in [3.8, 4) is 11.5 Å². The molecule has 0 radical (unpaired) electrons. The zero-order chi connectivity index (χ0) is 14.7. The van der Waals surface area contributed by atoms with E-state index in [-0.39, 0.29) is 17.5 Å². The van der Waals surface area contributed by atoms with Crippen LogP contribution in [-0.2, 0) is 0 Å². The number of phenols is 2. The van der Waals surface area contributed by atoms with Gasteiger partial charge in [0.2, 0.25) is 0 Å². The standard InChI is InChI=1S/C16H26N2O2/c1-11(16-14(19)5-4-6-15(16)20)18(3)13-9-7-12(17-2)8-10-13/h4-6,11-13,17,19-20H,7-10H2,1-3H3. The maximum Gasteiger partial charge on any atom is 0.124 e. The van der Waals surface area contributed by atoms with Gasteiger partial charge in [0.15, 0.2) is 0 Å². The van der Waals surface area contributed by atoms with Crippen LogP contribution in [0, 0.1) is 0 Å². The zero-order valence-corrected chi connectivity index (χ0v) is 12.6. The van der Waals surface area contributed by atoms with Gasteiger partial charge in [0.1, 0.15) is 11.5 Å². The average molecular weight is 278 g/mol. The average Bonchev–Trinajstić information content (AvgIpc) is 2.46. The van der Waals surface area contributed by atoms with Crippen LogP contribution in [0.2, 0.25) is 0 Å². The molecule has 0 amide bonds. The normalized spacial score (nSPS) is 24.8. The molecule has 4 heteroatoms. The van der Waals surface area contributed by atoms with Crippen LogP contribution in [0.25, 0.3) is 0 Å². The Kier molecular flexibility index (Phi) is 4.89. The molecule has 20 heavy (non-hydrogen) atoms. The van der Waals surface area contributed by atoms with Gasteiger partial charge >= 0.3 is 0 Å². The minimum absolute atomic E-state index is 0.00679. The molecule has 1 aromatic carbocycles. The summed E-state index contributed by atoms with van der Waals surface area (Å²) in [5, 5.41) is 23.3. The van der Waals surface area contributed by atoms with Crippen molar-refractivity contribution < 1.29 is 10.2 Å². The molecule has 1 aliphatic carbocycles. The molecule has 1 atom stereocenters. The molecular formula is C16H26N2O2. The molecule has 4 nitrogen and oxygen atoms in total. The largest absolute Gasteiger partial charge is 0.507 e. The van der Waals surface area contributed by atoms with E-state index in [1.807, 2.05) is 14.0 Å². The van der Waals surface area contributed by atoms with Gasteiger partial charge in [0.05, 0.1) is 5.56 Å². The predicted octanol–water partition coefficient (Wildman–Crippen LogP) is 2.62. The Morgan fingerprint density at radius 1 is 1.15 bits per heavy atom. The number of rotatable bonds is 4. The summed E-state index contributed by atoms with van der Waals surface area (Å²) in [6.45, 7) is 2.04. The Bertz CT molecular complexity index is 422. The first-order valence-corrected chi connectivity index (χ1v) is 7.44. The number of nitrogens with zero attached hydrogens (tertiary/aromatic N) is 1. The molecule has 0 bridgehead atoms. The number of nitrogens with one attached hydrogen (secondary N) is 1. The number of aromatic hydroxyl groups is 2. The van der Waals surface area contributed by atoms with Crippen LogP contribution in [-0.4, -0.2) is 41.3 Å². The van der Waals surface area contributed by atoms with Gasteiger partial charge < -0.3 is 15.5 Å². The third kappa shape index (κ3) is 3.07. The molecular weight excluding hydrogens is 252 g/mol. The minimum atomic E-state index is 0.00679. The van der Waals surface area contributed by atoms with Crippen molar-refractivity contribution in [3.05, 3.63) is 23.8 Å². The SMILES string of the molecule is CNC1CCC(N(C)C(C)c2c(O)cccc2O)CC1. The van der Waals surface area contributed by atoms with E-state index in [1.54, 1.807) is 18.2 Å². The van der Waals surface area contributed by atoms with Crippen molar-refractivity contribution in [2.24, 2.45) is 0 Å². The van der Waals surface area contributed by atoms with Crippen molar-refractivity contribution in [2.75, 3.05) is 14.1 Å². The van der Waals surface area contributed by atoms with Gasteiger partial charge in [-0.15, -0.1) is 0 Å². The lowest BCUT2D eigenvalue weighted by atomic mass is 9.89. The second kappa shape index (κ2) is 6.46. The van der Waals surface area contributed by atoms with Crippen LogP contribution in [0.15, 0.2) is 18.2 Å². The fourth-order valence-electron chi connectivity index (χ4n) is 3.26. The highest BCUT2D eigenvalue weighted by atomic mass is 16.3. The lowest BCUT2D eigenvalue weighted by molar-refractivity contribution is 0.133. The molecule has 1 aromatic rings. The lowest BCUT2D eigenvalue weighted by Crippen LogP contribution is -2.40. The molecule has 1 unspecified atom stereocenters. The second-order valence-electron chi connectivity index (χ2n) is 5.85. The highest BCUT2D eigenvalue weighted by Gasteiger charge is 2.28. The van der Waals surface area contributed by atoms with E-state index in [0.29, 0.717) is 17.6 Å². The summed E-state index contributed by atoms with van der Waals surface area (Å²) in [5.74, 6) is 0.349. The molecule has 1 aliphatic rings. The fraction of sp³-hybridized carbons (Fsp3) is 0.625. The zero-order valence-electron chi connectivity index (χ0n) is 12.6. The predicted molar refractivity (Wildman–Crippen MR) is 81.1 cm³/mol. The topological polar surface area (TPSA) is 55.7 Å². The quantitative estimate of drug-likeness (QED) is 0.792. The van der Waals surface area contributed by atoms with E-state index in [9.17, 15) is 10.2 Å². The second-order valence-corrected chi connectivity index (χ2v) is 5.85. The maximum atomic E-state index is 9.99. The first-order chi connectivity index (χ1) is 9.54. The van der Waals surface area contributed by atoms with Crippen molar-refractivity contribution in [1.29, 1.82) is 0 Å². The summed E-state index contributed by atoms with van der Waals surface area (Å²) in [6.07, 6.45) is 4.68. The Morgan fingerprint density at radius 3 is 2.20 bits per heavy atom. The number of phenolic OH excluding ortho intramolecular Hbond substituents is 2. The van der Waals surface area contributed by atoms with E-state index >= 15 is 0 Å². The van der Waals surface area contributed by atoms with Gasteiger partial charge in [-0.3, -0.25) is 4.90 Å². The number of hydrogen-bond donors (Lipinski definition) is 3. The van der Waals surface area contributed by atoms with Crippen LogP contribution >= 0.6 is 0 Å². The number of benzene rings is 1. The van der Waals surface area contributed by atoms with Crippen LogP contribution in [0.3, 0.4) is 0 Å². The summed E-state index contributed by atoms with van der Waals surface area (Å²) < 4.78 is 0. The van der Waals surface area contributed by atoms with Crippen LogP contribution in [0.5, 0.6) is 11.5 Å². The van der Waals surface area contributed by atoms with Gasteiger partial charge in [-0.2, -0.15) is 0 Å². The van der Waals surface area contributed by atoms with Crippen molar-refractivity contribution in [2.45, 2.75) is 50.7 Å². The summed E-state index contributed by atoms with van der Waals surface area (Å²) >= 11 is 0. The van der Waals surface area contributed by atoms with Gasteiger partial charge in [0.25, 0.3) is 0 Å². The molecule has 0 aromatic heterocycles. The van der Waals surface area contributed by atoms with Gasteiger partial charge in [-0.1, -0.05) is 6.07 Å². The summed E-state index contributed by atoms with van der Waals surface area (Å²) in [7, 11) is 4.11. The Labute approximate surface area is 121 Å². The molecule has 0 spiro atoms. The third-order valence-electron chi connectivity index (χ3n) is 4.77.